The maximum Gasteiger partial charge on any atom is 0.333 e. The van der Waals surface area contributed by atoms with Gasteiger partial charge in [0, 0.05) is 5.57 Å². The van der Waals surface area contributed by atoms with Crippen LogP contribution in [0.1, 0.15) is 38.7 Å². The molecular formula is C16H22O3. The lowest BCUT2D eigenvalue weighted by Crippen LogP contribution is -2.06. The Labute approximate surface area is 115 Å². The van der Waals surface area contributed by atoms with Crippen molar-refractivity contribution in [2.45, 2.75) is 33.1 Å². The maximum atomic E-state index is 11.4. The summed E-state index contributed by atoms with van der Waals surface area (Å²) in [5.74, 6) is 1.00. The molecule has 0 aliphatic rings. The van der Waals surface area contributed by atoms with E-state index in [1.54, 1.807) is 6.08 Å². The summed E-state index contributed by atoms with van der Waals surface area (Å²) in [6.45, 7) is 6.58. The van der Waals surface area contributed by atoms with E-state index < -0.39 is 0 Å². The van der Waals surface area contributed by atoms with Crippen molar-refractivity contribution in [3.8, 4) is 5.75 Å². The lowest BCUT2D eigenvalue weighted by atomic mass is 10.0. The predicted molar refractivity (Wildman–Crippen MR) is 76.4 cm³/mol. The summed E-state index contributed by atoms with van der Waals surface area (Å²) >= 11 is 0. The predicted octanol–water partition coefficient (Wildman–Crippen LogP) is 3.70. The Morgan fingerprint density at radius 1 is 1.37 bits per heavy atom. The lowest BCUT2D eigenvalue weighted by Gasteiger charge is -2.09. The van der Waals surface area contributed by atoms with Crippen LogP contribution >= 0.6 is 0 Å². The smallest absolute Gasteiger partial charge is 0.333 e. The topological polar surface area (TPSA) is 35.5 Å². The molecule has 0 bridgehead atoms. The summed E-state index contributed by atoms with van der Waals surface area (Å²) in [5, 5.41) is 0. The quantitative estimate of drug-likeness (QED) is 0.579. The third-order valence-electron chi connectivity index (χ3n) is 2.93. The van der Waals surface area contributed by atoms with Crippen LogP contribution in [0.4, 0.5) is 0 Å². The Kier molecular flexibility index (Phi) is 6.13. The first-order chi connectivity index (χ1) is 9.08. The van der Waals surface area contributed by atoms with Crippen molar-refractivity contribution in [3.05, 3.63) is 41.5 Å². The van der Waals surface area contributed by atoms with Crippen molar-refractivity contribution < 1.29 is 14.3 Å². The Balaban J connectivity index is 2.64. The highest BCUT2D eigenvalue weighted by atomic mass is 16.5. The zero-order valence-electron chi connectivity index (χ0n) is 12.1. The Morgan fingerprint density at radius 3 is 2.68 bits per heavy atom. The Bertz CT molecular complexity index is 447. The van der Waals surface area contributed by atoms with Gasteiger partial charge in [0.05, 0.1) is 7.11 Å². The fraction of sp³-hybridized carbons (Fsp3) is 0.438. The molecule has 0 N–H and O–H groups in total. The summed E-state index contributed by atoms with van der Waals surface area (Å²) in [4.78, 5) is 11.4. The normalized spacial score (nSPS) is 11.5. The van der Waals surface area contributed by atoms with Crippen LogP contribution < -0.4 is 4.74 Å². The van der Waals surface area contributed by atoms with Gasteiger partial charge in [0.15, 0.2) is 0 Å². The summed E-state index contributed by atoms with van der Waals surface area (Å²) in [5.41, 5.74) is 1.88. The molecule has 0 amide bonds. The number of hydrogen-bond acceptors (Lipinski definition) is 3. The number of esters is 1. The van der Waals surface area contributed by atoms with Gasteiger partial charge in [-0.15, -0.1) is 0 Å². The van der Waals surface area contributed by atoms with Crippen molar-refractivity contribution in [3.63, 3.8) is 0 Å². The molecule has 0 fully saturated rings. The SMILES string of the molecule is CCC(=CCOc1cccc(C(C)C)c1)C(=O)OC. The van der Waals surface area contributed by atoms with E-state index in [1.807, 2.05) is 25.1 Å². The molecule has 3 heteroatoms. The van der Waals surface area contributed by atoms with E-state index in [1.165, 1.54) is 12.7 Å². The molecule has 0 saturated heterocycles. The molecule has 0 aromatic heterocycles. The number of rotatable bonds is 6. The van der Waals surface area contributed by atoms with E-state index >= 15 is 0 Å². The van der Waals surface area contributed by atoms with Gasteiger partial charge in [0.2, 0.25) is 0 Å². The monoisotopic (exact) mass is 262 g/mol. The zero-order valence-corrected chi connectivity index (χ0v) is 12.1. The lowest BCUT2D eigenvalue weighted by molar-refractivity contribution is -0.136. The second-order valence-electron chi connectivity index (χ2n) is 4.61. The van der Waals surface area contributed by atoms with Gasteiger partial charge >= 0.3 is 5.97 Å². The van der Waals surface area contributed by atoms with Crippen molar-refractivity contribution >= 4 is 5.97 Å². The van der Waals surface area contributed by atoms with E-state index in [9.17, 15) is 4.79 Å². The van der Waals surface area contributed by atoms with Crippen LogP contribution in [0, 0.1) is 0 Å². The van der Waals surface area contributed by atoms with Gasteiger partial charge in [-0.3, -0.25) is 0 Å². The standard InChI is InChI=1S/C16H22O3/c1-5-13(16(17)18-4)9-10-19-15-8-6-7-14(11-15)12(2)3/h6-9,11-12H,5,10H2,1-4H3. The minimum Gasteiger partial charge on any atom is -0.490 e. The van der Waals surface area contributed by atoms with Crippen LogP contribution in [-0.2, 0) is 9.53 Å². The highest BCUT2D eigenvalue weighted by Crippen LogP contribution is 2.20. The average molecular weight is 262 g/mol. The molecule has 0 aliphatic heterocycles. The molecule has 1 rings (SSSR count). The number of ether oxygens (including phenoxy) is 2. The Morgan fingerprint density at radius 2 is 2.11 bits per heavy atom. The molecule has 104 valence electrons. The van der Waals surface area contributed by atoms with Crippen molar-refractivity contribution in [2.75, 3.05) is 13.7 Å². The fourth-order valence-corrected chi connectivity index (χ4v) is 1.71. The fourth-order valence-electron chi connectivity index (χ4n) is 1.71. The first-order valence-corrected chi connectivity index (χ1v) is 6.58. The summed E-state index contributed by atoms with van der Waals surface area (Å²) < 4.78 is 10.3. The highest BCUT2D eigenvalue weighted by molar-refractivity contribution is 5.88. The van der Waals surface area contributed by atoms with Gasteiger partial charge in [-0.05, 0) is 36.1 Å². The van der Waals surface area contributed by atoms with Gasteiger partial charge in [-0.25, -0.2) is 4.79 Å². The largest absolute Gasteiger partial charge is 0.490 e. The van der Waals surface area contributed by atoms with E-state index in [0.29, 0.717) is 24.5 Å². The van der Waals surface area contributed by atoms with Crippen LogP contribution in [0.2, 0.25) is 0 Å². The summed E-state index contributed by atoms with van der Waals surface area (Å²) in [7, 11) is 1.39. The first kappa shape index (κ1) is 15.3. The van der Waals surface area contributed by atoms with Crippen molar-refractivity contribution in [2.24, 2.45) is 0 Å². The molecule has 1 aromatic carbocycles. The summed E-state index contributed by atoms with van der Waals surface area (Å²) in [6.07, 6.45) is 2.41. The second kappa shape index (κ2) is 7.62. The molecule has 0 atom stereocenters. The number of hydrogen-bond donors (Lipinski definition) is 0. The molecular weight excluding hydrogens is 240 g/mol. The van der Waals surface area contributed by atoms with Crippen LogP contribution in [0.15, 0.2) is 35.9 Å². The van der Waals surface area contributed by atoms with Crippen LogP contribution in [0.3, 0.4) is 0 Å². The number of carbonyl (C=O) groups is 1. The molecule has 0 spiro atoms. The number of methoxy groups -OCH3 is 1. The summed E-state index contributed by atoms with van der Waals surface area (Å²) in [6, 6.07) is 8.01. The van der Waals surface area contributed by atoms with E-state index in [0.717, 1.165) is 5.75 Å². The second-order valence-corrected chi connectivity index (χ2v) is 4.61. The minimum atomic E-state index is -0.290. The molecule has 0 heterocycles. The zero-order chi connectivity index (χ0) is 14.3. The van der Waals surface area contributed by atoms with E-state index in [2.05, 4.69) is 19.9 Å². The van der Waals surface area contributed by atoms with Crippen LogP contribution in [-0.4, -0.2) is 19.7 Å². The first-order valence-electron chi connectivity index (χ1n) is 6.58. The maximum absolute atomic E-state index is 11.4. The van der Waals surface area contributed by atoms with E-state index in [4.69, 9.17) is 9.47 Å². The van der Waals surface area contributed by atoms with Gasteiger partial charge in [-0.2, -0.15) is 0 Å². The third kappa shape index (κ3) is 4.78. The van der Waals surface area contributed by atoms with Gasteiger partial charge in [0.25, 0.3) is 0 Å². The number of carbonyl (C=O) groups excluding carboxylic acids is 1. The van der Waals surface area contributed by atoms with Crippen LogP contribution in [0.25, 0.3) is 0 Å². The molecule has 1 aromatic rings. The molecule has 0 saturated carbocycles. The van der Waals surface area contributed by atoms with E-state index in [-0.39, 0.29) is 5.97 Å². The molecule has 3 nitrogen and oxygen atoms in total. The highest BCUT2D eigenvalue weighted by Gasteiger charge is 2.06. The Hall–Kier alpha value is -1.77. The molecule has 0 unspecified atom stereocenters. The number of benzene rings is 1. The van der Waals surface area contributed by atoms with Gasteiger partial charge in [-0.1, -0.05) is 32.9 Å². The molecule has 0 aliphatic carbocycles. The minimum absolute atomic E-state index is 0.290. The average Bonchev–Trinajstić information content (AvgIpc) is 2.43. The van der Waals surface area contributed by atoms with Gasteiger partial charge < -0.3 is 9.47 Å². The van der Waals surface area contributed by atoms with Crippen molar-refractivity contribution in [1.29, 1.82) is 0 Å². The van der Waals surface area contributed by atoms with Crippen molar-refractivity contribution in [1.82, 2.24) is 0 Å². The molecule has 0 radical (unpaired) electrons. The van der Waals surface area contributed by atoms with Gasteiger partial charge in [0.1, 0.15) is 12.4 Å². The third-order valence-corrected chi connectivity index (χ3v) is 2.93. The van der Waals surface area contributed by atoms with Crippen LogP contribution in [0.5, 0.6) is 5.75 Å². The molecule has 19 heavy (non-hydrogen) atoms.